The van der Waals surface area contributed by atoms with Crippen molar-refractivity contribution in [3.63, 3.8) is 0 Å². The predicted octanol–water partition coefficient (Wildman–Crippen LogP) is 1.33. The maximum atomic E-state index is 11.7. The van der Waals surface area contributed by atoms with Crippen molar-refractivity contribution in [1.29, 1.82) is 0 Å². The van der Waals surface area contributed by atoms with E-state index >= 15 is 0 Å². The Morgan fingerprint density at radius 1 is 1.53 bits per heavy atom. The van der Waals surface area contributed by atoms with Crippen LogP contribution in [0.3, 0.4) is 0 Å². The number of rotatable bonds is 3. The smallest absolute Gasteiger partial charge is 0.274 e. The third kappa shape index (κ3) is 2.26. The zero-order valence-electron chi connectivity index (χ0n) is 9.40. The first-order valence-electron chi connectivity index (χ1n) is 5.28. The van der Waals surface area contributed by atoms with Crippen molar-refractivity contribution in [2.45, 2.75) is 25.3 Å². The highest BCUT2D eigenvalue weighted by Crippen LogP contribution is 2.33. The minimum Gasteiger partial charge on any atom is -0.324 e. The van der Waals surface area contributed by atoms with E-state index < -0.39 is 10.5 Å². The fraction of sp³-hybridized carbons (Fsp3) is 0.364. The van der Waals surface area contributed by atoms with Gasteiger partial charge in [-0.1, -0.05) is 6.07 Å². The lowest BCUT2D eigenvalue weighted by Crippen LogP contribution is -2.37. The molecule has 90 valence electrons. The van der Waals surface area contributed by atoms with Crippen LogP contribution in [0.5, 0.6) is 0 Å². The van der Waals surface area contributed by atoms with Crippen molar-refractivity contribution in [3.8, 4) is 0 Å². The van der Waals surface area contributed by atoms with Gasteiger partial charge in [-0.2, -0.15) is 0 Å². The molecule has 0 aliphatic heterocycles. The molecule has 0 heterocycles. The van der Waals surface area contributed by atoms with Gasteiger partial charge < -0.3 is 11.1 Å². The van der Waals surface area contributed by atoms with Gasteiger partial charge in [0.1, 0.15) is 0 Å². The molecule has 0 saturated heterocycles. The van der Waals surface area contributed by atoms with E-state index in [1.54, 1.807) is 19.1 Å². The van der Waals surface area contributed by atoms with Crippen molar-refractivity contribution >= 4 is 17.3 Å². The van der Waals surface area contributed by atoms with E-state index in [0.29, 0.717) is 24.1 Å². The Balaban J connectivity index is 2.19. The molecule has 0 atom stereocenters. The molecule has 2 rings (SSSR count). The number of hydrogen-bond donors (Lipinski definition) is 2. The maximum Gasteiger partial charge on any atom is 0.274 e. The summed E-state index contributed by atoms with van der Waals surface area (Å²) in [7, 11) is 0. The summed E-state index contributed by atoms with van der Waals surface area (Å²) >= 11 is 0. The Hall–Kier alpha value is -1.95. The molecule has 6 heteroatoms. The predicted molar refractivity (Wildman–Crippen MR) is 62.6 cm³/mol. The van der Waals surface area contributed by atoms with Crippen molar-refractivity contribution in [1.82, 2.24) is 0 Å². The Morgan fingerprint density at radius 2 is 2.18 bits per heavy atom. The van der Waals surface area contributed by atoms with Gasteiger partial charge in [-0.25, -0.2) is 0 Å². The third-order valence-electron chi connectivity index (χ3n) is 2.90. The third-order valence-corrected chi connectivity index (χ3v) is 2.90. The molecule has 0 bridgehead atoms. The number of hydrogen-bond acceptors (Lipinski definition) is 4. The molecule has 0 aromatic heterocycles. The number of carbonyl (C=O) groups excluding carboxylic acids is 1. The van der Waals surface area contributed by atoms with Gasteiger partial charge in [0.25, 0.3) is 5.69 Å². The molecule has 1 aliphatic rings. The molecule has 17 heavy (non-hydrogen) atoms. The molecule has 0 spiro atoms. The van der Waals surface area contributed by atoms with Crippen LogP contribution in [0.4, 0.5) is 11.4 Å². The number of amides is 1. The standard InChI is InChI=1S/C11H13N3O3/c1-7-2-3-8(6-9(7)14(16)17)13-10(15)11(12)4-5-11/h2-3,6H,4-5,12H2,1H3,(H,13,15). The lowest BCUT2D eigenvalue weighted by atomic mass is 10.1. The first-order valence-corrected chi connectivity index (χ1v) is 5.28. The number of nitro benzene ring substituents is 1. The fourth-order valence-electron chi connectivity index (χ4n) is 1.50. The van der Waals surface area contributed by atoms with Crippen LogP contribution in [0, 0.1) is 17.0 Å². The summed E-state index contributed by atoms with van der Waals surface area (Å²) in [5.74, 6) is -0.282. The van der Waals surface area contributed by atoms with E-state index in [4.69, 9.17) is 5.73 Å². The molecule has 3 N–H and O–H groups in total. The second kappa shape index (κ2) is 3.81. The first kappa shape index (κ1) is 11.5. The van der Waals surface area contributed by atoms with Gasteiger partial charge in [-0.15, -0.1) is 0 Å². The average molecular weight is 235 g/mol. The summed E-state index contributed by atoms with van der Waals surface area (Å²) in [6.07, 6.45) is 1.32. The molecule has 0 unspecified atom stereocenters. The lowest BCUT2D eigenvalue weighted by molar-refractivity contribution is -0.385. The van der Waals surface area contributed by atoms with Crippen LogP contribution in [0.25, 0.3) is 0 Å². The molecule has 1 aliphatic carbocycles. The zero-order chi connectivity index (χ0) is 12.6. The van der Waals surface area contributed by atoms with Crippen LogP contribution in [0.1, 0.15) is 18.4 Å². The summed E-state index contributed by atoms with van der Waals surface area (Å²) in [6.45, 7) is 1.65. The number of nitrogens with two attached hydrogens (primary N) is 1. The van der Waals surface area contributed by atoms with E-state index in [9.17, 15) is 14.9 Å². The number of benzene rings is 1. The topological polar surface area (TPSA) is 98.3 Å². The van der Waals surface area contributed by atoms with Gasteiger partial charge in [0.2, 0.25) is 5.91 Å². The second-order valence-electron chi connectivity index (χ2n) is 4.37. The number of nitro groups is 1. The summed E-state index contributed by atoms with van der Waals surface area (Å²) in [6, 6.07) is 4.58. The Bertz CT molecular complexity index is 495. The van der Waals surface area contributed by atoms with Crippen LogP contribution in [-0.2, 0) is 4.79 Å². The van der Waals surface area contributed by atoms with Crippen molar-refractivity contribution in [3.05, 3.63) is 33.9 Å². The molecule has 6 nitrogen and oxygen atoms in total. The van der Waals surface area contributed by atoms with Crippen molar-refractivity contribution in [2.75, 3.05) is 5.32 Å². The van der Waals surface area contributed by atoms with Crippen LogP contribution < -0.4 is 11.1 Å². The number of aryl methyl sites for hydroxylation is 1. The van der Waals surface area contributed by atoms with Crippen molar-refractivity contribution in [2.24, 2.45) is 5.73 Å². The Kier molecular flexibility index (Phi) is 2.59. The normalized spacial score (nSPS) is 16.4. The Labute approximate surface area is 98.0 Å². The summed E-state index contributed by atoms with van der Waals surface area (Å²) in [5.41, 5.74) is 5.90. The van der Waals surface area contributed by atoms with Gasteiger partial charge in [0.05, 0.1) is 10.5 Å². The van der Waals surface area contributed by atoms with Crippen molar-refractivity contribution < 1.29 is 9.72 Å². The summed E-state index contributed by atoms with van der Waals surface area (Å²) in [4.78, 5) is 21.9. The van der Waals surface area contributed by atoms with Gasteiger partial charge >= 0.3 is 0 Å². The number of carbonyl (C=O) groups is 1. The molecular weight excluding hydrogens is 222 g/mol. The molecule has 1 aromatic carbocycles. The number of nitrogens with one attached hydrogen (secondary N) is 1. The SMILES string of the molecule is Cc1ccc(NC(=O)C2(N)CC2)cc1[N+](=O)[O-]. The quantitative estimate of drug-likeness (QED) is 0.610. The highest BCUT2D eigenvalue weighted by Gasteiger charge is 2.45. The van der Waals surface area contributed by atoms with Gasteiger partial charge in [0.15, 0.2) is 0 Å². The number of nitrogens with zero attached hydrogens (tertiary/aromatic N) is 1. The van der Waals surface area contributed by atoms with E-state index in [0.717, 1.165) is 0 Å². The molecular formula is C11H13N3O3. The first-order chi connectivity index (χ1) is 7.92. The molecule has 0 radical (unpaired) electrons. The monoisotopic (exact) mass is 235 g/mol. The minimum atomic E-state index is -0.778. The highest BCUT2D eigenvalue weighted by atomic mass is 16.6. The van der Waals surface area contributed by atoms with Gasteiger partial charge in [-0.3, -0.25) is 14.9 Å². The molecule has 1 saturated carbocycles. The molecule has 1 fully saturated rings. The Morgan fingerprint density at radius 3 is 2.71 bits per heavy atom. The fourth-order valence-corrected chi connectivity index (χ4v) is 1.50. The van der Waals surface area contributed by atoms with Crippen LogP contribution in [0.2, 0.25) is 0 Å². The average Bonchev–Trinajstić information content (AvgIpc) is 3.00. The second-order valence-corrected chi connectivity index (χ2v) is 4.37. The minimum absolute atomic E-state index is 0.00957. The van der Waals surface area contributed by atoms with Gasteiger partial charge in [0, 0.05) is 17.3 Å². The van der Waals surface area contributed by atoms with Crippen LogP contribution in [0.15, 0.2) is 18.2 Å². The van der Waals surface area contributed by atoms with E-state index in [1.807, 2.05) is 0 Å². The molecule has 1 amide bonds. The number of anilines is 1. The summed E-state index contributed by atoms with van der Waals surface area (Å²) < 4.78 is 0. The van der Waals surface area contributed by atoms with Crippen LogP contribution >= 0.6 is 0 Å². The van der Waals surface area contributed by atoms with E-state index in [1.165, 1.54) is 6.07 Å². The van der Waals surface area contributed by atoms with Gasteiger partial charge in [-0.05, 0) is 25.8 Å². The van der Waals surface area contributed by atoms with E-state index in [-0.39, 0.29) is 11.6 Å². The lowest BCUT2D eigenvalue weighted by Gasteiger charge is -2.10. The highest BCUT2D eigenvalue weighted by molar-refractivity contribution is 6.00. The van der Waals surface area contributed by atoms with Crippen LogP contribution in [-0.4, -0.2) is 16.4 Å². The van der Waals surface area contributed by atoms with E-state index in [2.05, 4.69) is 5.32 Å². The summed E-state index contributed by atoms with van der Waals surface area (Å²) in [5, 5.41) is 13.3. The zero-order valence-corrected chi connectivity index (χ0v) is 9.40. The largest absolute Gasteiger partial charge is 0.324 e. The molecule has 1 aromatic rings. The maximum absolute atomic E-state index is 11.7.